The first-order chi connectivity index (χ1) is 16.1. The summed E-state index contributed by atoms with van der Waals surface area (Å²) < 4.78 is 0. The fourth-order valence-corrected chi connectivity index (χ4v) is 3.97. The molecule has 188 valence electrons. The number of halogens is 2. The summed E-state index contributed by atoms with van der Waals surface area (Å²) in [5.74, 6) is 1.11. The van der Waals surface area contributed by atoms with E-state index in [4.69, 9.17) is 23.2 Å². The summed E-state index contributed by atoms with van der Waals surface area (Å²) >= 11 is 10.1. The molecule has 0 atom stereocenters. The molecule has 0 aliphatic heterocycles. The number of benzene rings is 2. The second-order valence-electron chi connectivity index (χ2n) is 8.87. The topological polar surface area (TPSA) is 13.0 Å². The van der Waals surface area contributed by atoms with Gasteiger partial charge in [0, 0.05) is 40.0 Å². The Morgan fingerprint density at radius 2 is 0.800 bits per heavy atom. The van der Waals surface area contributed by atoms with Crippen LogP contribution in [0.4, 0.5) is 22.7 Å². The molecule has 4 aromatic carbocycles. The molecule has 0 saturated heterocycles. The summed E-state index contributed by atoms with van der Waals surface area (Å²) in [6.45, 7) is 0. The summed E-state index contributed by atoms with van der Waals surface area (Å²) in [4.78, 5) is 8.62. The van der Waals surface area contributed by atoms with E-state index in [-0.39, 0.29) is 26.2 Å². The van der Waals surface area contributed by atoms with Crippen LogP contribution in [0.5, 0.6) is 0 Å². The Balaban J connectivity index is 0.000000297. The summed E-state index contributed by atoms with van der Waals surface area (Å²) in [5.41, 5.74) is 5.11. The van der Waals surface area contributed by atoms with Crippen LogP contribution in [-0.2, 0) is 26.2 Å². The molecule has 0 fully saturated rings. The maximum Gasteiger partial charge on any atom is 2.00 e. The molecule has 0 amide bonds. The number of hydrogen-bond acceptors (Lipinski definition) is 4. The number of rotatable bonds is 5. The van der Waals surface area contributed by atoms with Crippen molar-refractivity contribution in [3.63, 3.8) is 0 Å². The van der Waals surface area contributed by atoms with Crippen molar-refractivity contribution < 1.29 is 26.2 Å². The van der Waals surface area contributed by atoms with Crippen LogP contribution in [0.2, 0.25) is 0 Å². The molecular weight excluding hydrogens is 554 g/mol. The SMILES string of the molecule is CN(C)c1ccc(N(C)C)c2[cH-]ccc12.CN(C)c1ccc(N(C)C)c2[cH-]ccc12.ClCCCl.[Zr+2]. The van der Waals surface area contributed by atoms with E-state index in [0.717, 1.165) is 0 Å². The van der Waals surface area contributed by atoms with Gasteiger partial charge in [0.1, 0.15) is 0 Å². The average Bonchev–Trinajstić information content (AvgIpc) is 3.47. The minimum Gasteiger partial charge on any atom is -0.415 e. The van der Waals surface area contributed by atoms with Gasteiger partial charge in [0.25, 0.3) is 0 Å². The molecule has 0 radical (unpaired) electrons. The van der Waals surface area contributed by atoms with Gasteiger partial charge in [-0.05, 0) is 50.9 Å². The number of alkyl halides is 2. The van der Waals surface area contributed by atoms with E-state index in [1.54, 1.807) is 0 Å². The van der Waals surface area contributed by atoms with Gasteiger partial charge in [-0.2, -0.15) is 24.3 Å². The Bertz CT molecular complexity index is 986. The quantitative estimate of drug-likeness (QED) is 0.186. The van der Waals surface area contributed by atoms with Gasteiger partial charge < -0.3 is 19.6 Å². The van der Waals surface area contributed by atoms with Gasteiger partial charge in [-0.1, -0.05) is 24.3 Å². The van der Waals surface area contributed by atoms with Crippen molar-refractivity contribution in [2.24, 2.45) is 0 Å². The monoisotopic (exact) mass is 590 g/mol. The first-order valence-corrected chi connectivity index (χ1v) is 12.4. The Morgan fingerprint density at radius 1 is 0.514 bits per heavy atom. The van der Waals surface area contributed by atoms with Crippen molar-refractivity contribution in [2.75, 3.05) is 87.7 Å². The van der Waals surface area contributed by atoms with Gasteiger partial charge >= 0.3 is 26.2 Å². The number of fused-ring (bicyclic) bond motifs is 2. The van der Waals surface area contributed by atoms with Gasteiger partial charge in [-0.3, -0.25) is 0 Å². The van der Waals surface area contributed by atoms with Crippen LogP contribution in [0, 0.1) is 0 Å². The van der Waals surface area contributed by atoms with Crippen LogP contribution in [0.1, 0.15) is 0 Å². The van der Waals surface area contributed by atoms with Gasteiger partial charge in [-0.25, -0.2) is 0 Å². The van der Waals surface area contributed by atoms with E-state index in [1.165, 1.54) is 44.3 Å². The van der Waals surface area contributed by atoms with E-state index < -0.39 is 0 Å². The molecule has 0 aliphatic rings. The second-order valence-corrected chi connectivity index (χ2v) is 9.63. The Morgan fingerprint density at radius 3 is 1.06 bits per heavy atom. The summed E-state index contributed by atoms with van der Waals surface area (Å²) in [5, 5.41) is 5.30. The molecule has 35 heavy (non-hydrogen) atoms. The summed E-state index contributed by atoms with van der Waals surface area (Å²) in [6.07, 6.45) is 0. The third-order valence-corrected chi connectivity index (χ3v) is 6.10. The van der Waals surface area contributed by atoms with Crippen molar-refractivity contribution in [1.29, 1.82) is 0 Å². The van der Waals surface area contributed by atoms with Crippen LogP contribution in [0.25, 0.3) is 21.5 Å². The van der Waals surface area contributed by atoms with Crippen LogP contribution in [0.15, 0.2) is 60.7 Å². The zero-order valence-electron chi connectivity index (χ0n) is 22.2. The zero-order chi connectivity index (χ0) is 25.4. The molecular formula is C28H38Cl2N4Zr. The minimum absolute atomic E-state index is 0. The normalized spacial score (nSPS) is 10.0. The summed E-state index contributed by atoms with van der Waals surface area (Å²) in [6, 6.07) is 21.7. The standard InChI is InChI=1S/2C13H17N2.C2H4Cl2.Zr/c2*1-14(2)12-8-9-13(15(3)4)11-7-5-6-10(11)12;3-1-2-4;/h2*5-9H,1-4H3;1-2H2;/q2*-1;;+2. The van der Waals surface area contributed by atoms with E-state index in [1.807, 2.05) is 0 Å². The van der Waals surface area contributed by atoms with Crippen LogP contribution in [0.3, 0.4) is 0 Å². The van der Waals surface area contributed by atoms with Gasteiger partial charge in [0.05, 0.1) is 0 Å². The molecule has 4 aromatic rings. The molecule has 0 N–H and O–H groups in total. The van der Waals surface area contributed by atoms with Crippen LogP contribution >= 0.6 is 23.2 Å². The maximum atomic E-state index is 5.05. The molecule has 0 heterocycles. The van der Waals surface area contributed by atoms with Gasteiger partial charge in [0.2, 0.25) is 0 Å². The molecule has 0 spiro atoms. The Hall–Kier alpha value is -1.68. The molecule has 0 unspecified atom stereocenters. The number of anilines is 4. The fraction of sp³-hybridized carbons (Fsp3) is 0.357. The molecule has 0 aliphatic carbocycles. The average molecular weight is 593 g/mol. The fourth-order valence-electron chi connectivity index (χ4n) is 3.97. The molecule has 0 saturated carbocycles. The third-order valence-electron chi connectivity index (χ3n) is 5.53. The first kappa shape index (κ1) is 31.4. The van der Waals surface area contributed by atoms with Crippen molar-refractivity contribution in [3.05, 3.63) is 60.7 Å². The van der Waals surface area contributed by atoms with Crippen molar-refractivity contribution in [2.45, 2.75) is 0 Å². The first-order valence-electron chi connectivity index (χ1n) is 11.3. The van der Waals surface area contributed by atoms with E-state index >= 15 is 0 Å². The van der Waals surface area contributed by atoms with Crippen molar-refractivity contribution in [3.8, 4) is 0 Å². The van der Waals surface area contributed by atoms with E-state index in [9.17, 15) is 0 Å². The van der Waals surface area contributed by atoms with Gasteiger partial charge in [0.15, 0.2) is 0 Å². The molecule has 7 heteroatoms. The van der Waals surface area contributed by atoms with Crippen LogP contribution < -0.4 is 19.6 Å². The molecule has 4 rings (SSSR count). The minimum atomic E-state index is 0. The molecule has 0 aromatic heterocycles. The predicted molar refractivity (Wildman–Crippen MR) is 158 cm³/mol. The smallest absolute Gasteiger partial charge is 0.415 e. The van der Waals surface area contributed by atoms with Gasteiger partial charge in [-0.15, -0.1) is 56.9 Å². The van der Waals surface area contributed by atoms with Crippen molar-refractivity contribution in [1.82, 2.24) is 0 Å². The maximum absolute atomic E-state index is 5.05. The van der Waals surface area contributed by atoms with E-state index in [0.29, 0.717) is 11.8 Å². The molecule has 4 nitrogen and oxygen atoms in total. The Labute approximate surface area is 240 Å². The Kier molecular flexibility index (Phi) is 13.2. The second kappa shape index (κ2) is 14.8. The van der Waals surface area contributed by atoms with Crippen molar-refractivity contribution >= 4 is 67.5 Å². The summed E-state index contributed by atoms with van der Waals surface area (Å²) in [7, 11) is 16.6. The number of hydrogen-bond donors (Lipinski definition) is 0. The number of nitrogens with zero attached hydrogens (tertiary/aromatic N) is 4. The molecule has 0 bridgehead atoms. The van der Waals surface area contributed by atoms with Crippen LogP contribution in [-0.4, -0.2) is 68.1 Å². The third kappa shape index (κ3) is 7.90. The van der Waals surface area contributed by atoms with E-state index in [2.05, 4.69) is 137 Å². The zero-order valence-corrected chi connectivity index (χ0v) is 26.2. The predicted octanol–water partition coefficient (Wildman–Crippen LogP) is 6.84. The largest absolute Gasteiger partial charge is 2.00 e.